The minimum Gasteiger partial charge on any atom is -0.478 e. The van der Waals surface area contributed by atoms with E-state index in [1.165, 1.54) is 11.8 Å². The molecule has 1 aromatic rings. The third-order valence-corrected chi connectivity index (χ3v) is 3.44. The van der Waals surface area contributed by atoms with E-state index in [9.17, 15) is 18.0 Å². The molecule has 0 fully saturated rings. The van der Waals surface area contributed by atoms with Crippen LogP contribution in [-0.2, 0) is 18.3 Å². The van der Waals surface area contributed by atoms with E-state index in [-0.39, 0.29) is 11.3 Å². The van der Waals surface area contributed by atoms with Crippen LogP contribution >= 0.6 is 11.8 Å². The van der Waals surface area contributed by atoms with Crippen LogP contribution < -0.4 is 0 Å². The van der Waals surface area contributed by atoms with Crippen LogP contribution in [0.3, 0.4) is 0 Å². The normalized spacial score (nSPS) is 15.5. The van der Waals surface area contributed by atoms with Gasteiger partial charge in [-0.05, 0) is 23.8 Å². The highest BCUT2D eigenvalue weighted by Crippen LogP contribution is 2.33. The number of carboxylic acids is 1. The predicted molar refractivity (Wildman–Crippen MR) is 56.1 cm³/mol. The van der Waals surface area contributed by atoms with Crippen LogP contribution in [0.1, 0.15) is 27.3 Å². The number of halogens is 3. The summed E-state index contributed by atoms with van der Waals surface area (Å²) in [6.07, 6.45) is -4.16. The molecule has 0 saturated heterocycles. The summed E-state index contributed by atoms with van der Waals surface area (Å²) in [5, 5.41) is 8.93. The number of carboxylic acid groups (broad SMARTS) is 1. The summed E-state index contributed by atoms with van der Waals surface area (Å²) in [6, 6.07) is 0.622. The van der Waals surface area contributed by atoms with Crippen LogP contribution in [0.15, 0.2) is 6.07 Å². The van der Waals surface area contributed by atoms with E-state index in [0.29, 0.717) is 29.6 Å². The molecule has 2 heterocycles. The SMILES string of the molecule is O=C(O)c1cc(C(F)(F)F)nc2c1CCSC2. The van der Waals surface area contributed by atoms with Gasteiger partial charge in [-0.15, -0.1) is 0 Å². The number of aromatic nitrogens is 1. The van der Waals surface area contributed by atoms with Crippen molar-refractivity contribution in [2.75, 3.05) is 5.75 Å². The topological polar surface area (TPSA) is 50.2 Å². The van der Waals surface area contributed by atoms with Crippen LogP contribution in [0, 0.1) is 0 Å². The van der Waals surface area contributed by atoms with Crippen LogP contribution in [0.4, 0.5) is 13.2 Å². The third kappa shape index (κ3) is 2.38. The molecule has 0 aliphatic carbocycles. The molecule has 0 radical (unpaired) electrons. The molecular weight excluding hydrogens is 255 g/mol. The molecular formula is C10H8F3NO2S. The maximum atomic E-state index is 12.5. The monoisotopic (exact) mass is 263 g/mol. The molecule has 0 amide bonds. The van der Waals surface area contributed by atoms with E-state index >= 15 is 0 Å². The van der Waals surface area contributed by atoms with Crippen molar-refractivity contribution in [3.63, 3.8) is 0 Å². The number of hydrogen-bond donors (Lipinski definition) is 1. The Morgan fingerprint density at radius 3 is 2.76 bits per heavy atom. The fourth-order valence-corrected chi connectivity index (χ4v) is 2.63. The molecule has 0 spiro atoms. The maximum Gasteiger partial charge on any atom is 0.433 e. The molecule has 1 aliphatic rings. The summed E-state index contributed by atoms with van der Waals surface area (Å²) in [7, 11) is 0. The minimum atomic E-state index is -4.61. The summed E-state index contributed by atoms with van der Waals surface area (Å²) in [4.78, 5) is 14.5. The zero-order valence-electron chi connectivity index (χ0n) is 8.54. The molecule has 7 heteroatoms. The Morgan fingerprint density at radius 2 is 2.18 bits per heavy atom. The smallest absolute Gasteiger partial charge is 0.433 e. The number of thioether (sulfide) groups is 1. The molecule has 1 N–H and O–H groups in total. The van der Waals surface area contributed by atoms with Crippen molar-refractivity contribution in [3.05, 3.63) is 28.6 Å². The van der Waals surface area contributed by atoms with Gasteiger partial charge in [-0.2, -0.15) is 24.9 Å². The molecule has 1 aromatic heterocycles. The van der Waals surface area contributed by atoms with Crippen molar-refractivity contribution in [1.29, 1.82) is 0 Å². The van der Waals surface area contributed by atoms with E-state index in [4.69, 9.17) is 5.11 Å². The molecule has 92 valence electrons. The van der Waals surface area contributed by atoms with Gasteiger partial charge in [0.15, 0.2) is 0 Å². The summed E-state index contributed by atoms with van der Waals surface area (Å²) in [5.74, 6) is -0.291. The molecule has 1 aliphatic heterocycles. The van der Waals surface area contributed by atoms with Gasteiger partial charge in [0.1, 0.15) is 5.69 Å². The van der Waals surface area contributed by atoms with Gasteiger partial charge in [-0.25, -0.2) is 9.78 Å². The van der Waals surface area contributed by atoms with E-state index < -0.39 is 17.8 Å². The van der Waals surface area contributed by atoms with Gasteiger partial charge in [0, 0.05) is 5.75 Å². The number of aromatic carboxylic acids is 1. The lowest BCUT2D eigenvalue weighted by atomic mass is 10.0. The molecule has 0 unspecified atom stereocenters. The van der Waals surface area contributed by atoms with Crippen LogP contribution in [0.2, 0.25) is 0 Å². The summed E-state index contributed by atoms with van der Waals surface area (Å²) in [6.45, 7) is 0. The van der Waals surface area contributed by atoms with Gasteiger partial charge in [-0.3, -0.25) is 0 Å². The van der Waals surface area contributed by atoms with E-state index in [1.54, 1.807) is 0 Å². The van der Waals surface area contributed by atoms with Crippen LogP contribution in [0.25, 0.3) is 0 Å². The van der Waals surface area contributed by atoms with Gasteiger partial charge in [0.25, 0.3) is 0 Å². The first-order valence-corrected chi connectivity index (χ1v) is 5.96. The Bertz CT molecular complexity index is 473. The van der Waals surface area contributed by atoms with Gasteiger partial charge in [0.05, 0.1) is 11.3 Å². The largest absolute Gasteiger partial charge is 0.478 e. The number of pyridine rings is 1. The molecule has 0 bridgehead atoms. The van der Waals surface area contributed by atoms with Crippen LogP contribution in [0.5, 0.6) is 0 Å². The fraction of sp³-hybridized carbons (Fsp3) is 0.400. The molecule has 0 atom stereocenters. The molecule has 3 nitrogen and oxygen atoms in total. The van der Waals surface area contributed by atoms with Gasteiger partial charge >= 0.3 is 12.1 Å². The third-order valence-electron chi connectivity index (χ3n) is 2.47. The second kappa shape index (κ2) is 4.21. The zero-order valence-corrected chi connectivity index (χ0v) is 9.36. The van der Waals surface area contributed by atoms with Crippen molar-refractivity contribution >= 4 is 17.7 Å². The highest BCUT2D eigenvalue weighted by molar-refractivity contribution is 7.98. The van der Waals surface area contributed by atoms with E-state index in [1.807, 2.05) is 0 Å². The lowest BCUT2D eigenvalue weighted by Crippen LogP contribution is -2.18. The average molecular weight is 263 g/mol. The lowest BCUT2D eigenvalue weighted by Gasteiger charge is -2.18. The Balaban J connectivity index is 2.60. The first-order valence-electron chi connectivity index (χ1n) is 4.80. The highest BCUT2D eigenvalue weighted by atomic mass is 32.2. The standard InChI is InChI=1S/C10H8F3NO2S/c11-10(12,13)8-3-6(9(15)16)5-1-2-17-4-7(5)14-8/h3H,1-2,4H2,(H,15,16). The highest BCUT2D eigenvalue weighted by Gasteiger charge is 2.35. The lowest BCUT2D eigenvalue weighted by molar-refractivity contribution is -0.141. The number of carbonyl (C=O) groups is 1. The van der Waals surface area contributed by atoms with Crippen molar-refractivity contribution in [2.45, 2.75) is 18.3 Å². The number of rotatable bonds is 1. The Labute approximate surface area is 99.0 Å². The first kappa shape index (κ1) is 12.2. The minimum absolute atomic E-state index is 0.244. The maximum absolute atomic E-state index is 12.5. The van der Waals surface area contributed by atoms with Gasteiger partial charge < -0.3 is 5.11 Å². The number of alkyl halides is 3. The Kier molecular flexibility index (Phi) is 3.03. The van der Waals surface area contributed by atoms with Gasteiger partial charge in [0.2, 0.25) is 0 Å². The average Bonchev–Trinajstić information content (AvgIpc) is 2.26. The van der Waals surface area contributed by atoms with Crippen molar-refractivity contribution in [3.8, 4) is 0 Å². The summed E-state index contributed by atoms with van der Waals surface area (Å²) in [5.41, 5.74) is -0.725. The number of nitrogens with zero attached hydrogens (tertiary/aromatic N) is 1. The van der Waals surface area contributed by atoms with Crippen molar-refractivity contribution in [2.24, 2.45) is 0 Å². The fourth-order valence-electron chi connectivity index (χ4n) is 1.70. The van der Waals surface area contributed by atoms with E-state index in [0.717, 1.165) is 0 Å². The molecule has 17 heavy (non-hydrogen) atoms. The number of fused-ring (bicyclic) bond motifs is 1. The second-order valence-electron chi connectivity index (χ2n) is 3.59. The predicted octanol–water partition coefficient (Wildman–Crippen LogP) is 2.59. The van der Waals surface area contributed by atoms with Crippen molar-refractivity contribution < 1.29 is 23.1 Å². The quantitative estimate of drug-likeness (QED) is 0.846. The Hall–Kier alpha value is -1.24. The molecule has 0 saturated carbocycles. The second-order valence-corrected chi connectivity index (χ2v) is 4.69. The van der Waals surface area contributed by atoms with Gasteiger partial charge in [-0.1, -0.05) is 0 Å². The Morgan fingerprint density at radius 1 is 1.47 bits per heavy atom. The van der Waals surface area contributed by atoms with Crippen LogP contribution in [-0.4, -0.2) is 21.8 Å². The molecule has 0 aromatic carbocycles. The summed E-state index contributed by atoms with van der Waals surface area (Å²) >= 11 is 1.45. The van der Waals surface area contributed by atoms with Crippen molar-refractivity contribution in [1.82, 2.24) is 4.98 Å². The zero-order chi connectivity index (χ0) is 12.6. The molecule has 2 rings (SSSR count). The number of hydrogen-bond acceptors (Lipinski definition) is 3. The first-order chi connectivity index (χ1) is 7.89. The van der Waals surface area contributed by atoms with E-state index in [2.05, 4.69) is 4.98 Å². The summed E-state index contributed by atoms with van der Waals surface area (Å²) < 4.78 is 37.6.